The molecule has 0 spiro atoms. The highest BCUT2D eigenvalue weighted by molar-refractivity contribution is 5.98. The highest BCUT2D eigenvalue weighted by atomic mass is 16.6. The van der Waals surface area contributed by atoms with Crippen molar-refractivity contribution in [2.45, 2.75) is 57.7 Å². The maximum absolute atomic E-state index is 13.3. The molecule has 1 heterocycles. The van der Waals surface area contributed by atoms with Gasteiger partial charge in [-0.3, -0.25) is 35.5 Å². The molecule has 0 bridgehead atoms. The summed E-state index contributed by atoms with van der Waals surface area (Å²) in [6.07, 6.45) is 0.817. The summed E-state index contributed by atoms with van der Waals surface area (Å²) in [5.41, 5.74) is 0.915. The van der Waals surface area contributed by atoms with Crippen LogP contribution in [0.3, 0.4) is 0 Å². The second-order valence-electron chi connectivity index (χ2n) is 11.0. The van der Waals surface area contributed by atoms with Gasteiger partial charge in [-0.25, -0.2) is 0 Å². The largest absolute Gasteiger partial charge is 0.349 e. The van der Waals surface area contributed by atoms with Crippen LogP contribution in [0.1, 0.15) is 50.9 Å². The van der Waals surface area contributed by atoms with Gasteiger partial charge in [-0.15, -0.1) is 0 Å². The number of amides is 1. The molecule has 3 aromatic carbocycles. The van der Waals surface area contributed by atoms with E-state index in [0.29, 0.717) is 24.2 Å². The number of benzene rings is 3. The van der Waals surface area contributed by atoms with Crippen LogP contribution in [0.25, 0.3) is 0 Å². The number of rotatable bonds is 8. The summed E-state index contributed by atoms with van der Waals surface area (Å²) in [5.74, 6) is -0.677. The first kappa shape index (κ1) is 28.5. The zero-order chi connectivity index (χ0) is 29.2. The summed E-state index contributed by atoms with van der Waals surface area (Å²) >= 11 is 0. The second-order valence-corrected chi connectivity index (χ2v) is 11.0. The summed E-state index contributed by atoms with van der Waals surface area (Å²) < 4.78 is 0. The van der Waals surface area contributed by atoms with E-state index in [-0.39, 0.29) is 17.3 Å². The van der Waals surface area contributed by atoms with Gasteiger partial charge < -0.3 is 10.5 Å². The predicted molar refractivity (Wildman–Crippen MR) is 151 cm³/mol. The van der Waals surface area contributed by atoms with Crippen LogP contribution in [0.5, 0.6) is 0 Å². The number of nitro benzene ring substituents is 2. The average Bonchev–Trinajstić information content (AvgIpc) is 2.90. The average molecular weight is 549 g/mol. The van der Waals surface area contributed by atoms with Crippen LogP contribution in [0, 0.1) is 20.2 Å². The summed E-state index contributed by atoms with van der Waals surface area (Å²) in [7, 11) is 0. The molecule has 3 aromatic rings. The Bertz CT molecular complexity index is 1320. The highest BCUT2D eigenvalue weighted by Crippen LogP contribution is 2.40. The van der Waals surface area contributed by atoms with Crippen molar-refractivity contribution in [1.29, 1.82) is 0 Å². The van der Waals surface area contributed by atoms with Crippen molar-refractivity contribution in [1.82, 2.24) is 10.4 Å². The number of hydrogen-bond acceptors (Lipinski definition) is 9. The fourth-order valence-corrected chi connectivity index (χ4v) is 5.33. The van der Waals surface area contributed by atoms with Gasteiger partial charge >= 0.3 is 11.4 Å². The maximum atomic E-state index is 13.3. The van der Waals surface area contributed by atoms with Gasteiger partial charge in [0.05, 0.1) is 26.8 Å². The SMILES string of the molecule is CC1(C)CC(NC(=O)c2cc([N+](=O)[O-])c(NN(c3ccccc3)c3ccccc3)c([N+](=O)[O-])c2)CC(C)(C)N1O. The number of nitrogens with one attached hydrogen (secondary N) is 2. The summed E-state index contributed by atoms with van der Waals surface area (Å²) in [6.45, 7) is 7.37. The molecule has 12 heteroatoms. The summed E-state index contributed by atoms with van der Waals surface area (Å²) in [6, 6.07) is 19.4. The molecule has 12 nitrogen and oxygen atoms in total. The first-order chi connectivity index (χ1) is 18.8. The maximum Gasteiger partial charge on any atom is 0.302 e. The van der Waals surface area contributed by atoms with E-state index in [1.54, 1.807) is 60.7 Å². The molecular formula is C28H32N6O6. The van der Waals surface area contributed by atoms with Gasteiger partial charge in [-0.1, -0.05) is 36.4 Å². The lowest BCUT2D eigenvalue weighted by atomic mass is 9.79. The second kappa shape index (κ2) is 10.9. The van der Waals surface area contributed by atoms with E-state index in [1.807, 2.05) is 27.7 Å². The zero-order valence-corrected chi connectivity index (χ0v) is 22.7. The number of hydrazine groups is 1. The first-order valence-electron chi connectivity index (χ1n) is 12.7. The van der Waals surface area contributed by atoms with Crippen molar-refractivity contribution in [2.24, 2.45) is 0 Å². The van der Waals surface area contributed by atoms with Gasteiger partial charge in [0, 0.05) is 29.3 Å². The molecular weight excluding hydrogens is 516 g/mol. The van der Waals surface area contributed by atoms with Crippen LogP contribution in [-0.4, -0.2) is 43.1 Å². The lowest BCUT2D eigenvalue weighted by Crippen LogP contribution is -2.62. The van der Waals surface area contributed by atoms with E-state index in [0.717, 1.165) is 12.1 Å². The standard InChI is InChI=1S/C28H32N6O6/c1-27(2)17-20(18-28(3,4)34(27)40)29-26(35)19-15-23(32(36)37)25(24(16-19)33(38)39)30-31(21-11-7-5-8-12-21)22-13-9-6-10-14-22/h5-16,20,30,40H,17-18H2,1-4H3,(H,29,35). The van der Waals surface area contributed by atoms with Gasteiger partial charge in [0.2, 0.25) is 5.69 Å². The number of hydroxylamine groups is 2. The van der Waals surface area contributed by atoms with Gasteiger partial charge in [0.1, 0.15) is 0 Å². The van der Waals surface area contributed by atoms with Gasteiger partial charge in [0.25, 0.3) is 5.91 Å². The Morgan fingerprint density at radius 1 is 0.875 bits per heavy atom. The van der Waals surface area contributed by atoms with Crippen LogP contribution >= 0.6 is 0 Å². The van der Waals surface area contributed by atoms with Gasteiger partial charge in [0.15, 0.2) is 0 Å². The quantitative estimate of drug-likeness (QED) is 0.234. The molecule has 1 fully saturated rings. The molecule has 1 aliphatic heterocycles. The fourth-order valence-electron chi connectivity index (χ4n) is 5.33. The Labute approximate surface area is 231 Å². The lowest BCUT2D eigenvalue weighted by molar-refractivity contribution is -0.392. The smallest absolute Gasteiger partial charge is 0.302 e. The molecule has 1 aliphatic rings. The number of anilines is 3. The van der Waals surface area contributed by atoms with Crippen molar-refractivity contribution < 1.29 is 19.8 Å². The molecule has 3 N–H and O–H groups in total. The monoisotopic (exact) mass is 548 g/mol. The lowest BCUT2D eigenvalue weighted by Gasteiger charge is -2.51. The number of carbonyl (C=O) groups excluding carboxylic acids is 1. The Morgan fingerprint density at radius 2 is 1.30 bits per heavy atom. The van der Waals surface area contributed by atoms with E-state index in [9.17, 15) is 30.2 Å². The van der Waals surface area contributed by atoms with Crippen molar-refractivity contribution in [2.75, 3.05) is 10.4 Å². The third-order valence-corrected chi connectivity index (χ3v) is 6.98. The Balaban J connectivity index is 1.73. The Morgan fingerprint density at radius 3 is 1.70 bits per heavy atom. The number of nitrogens with zero attached hydrogens (tertiary/aromatic N) is 4. The number of nitro groups is 2. The zero-order valence-electron chi connectivity index (χ0n) is 22.7. The highest BCUT2D eigenvalue weighted by Gasteiger charge is 2.45. The van der Waals surface area contributed by atoms with E-state index < -0.39 is 38.2 Å². The number of carbonyl (C=O) groups is 1. The third-order valence-electron chi connectivity index (χ3n) is 6.98. The first-order valence-corrected chi connectivity index (χ1v) is 12.7. The number of piperidine rings is 1. The van der Waals surface area contributed by atoms with Crippen molar-refractivity contribution >= 4 is 34.3 Å². The Hall–Kier alpha value is -4.55. The van der Waals surface area contributed by atoms with Crippen LogP contribution in [-0.2, 0) is 0 Å². The predicted octanol–water partition coefficient (Wildman–Crippen LogP) is 5.81. The minimum atomic E-state index is -0.753. The molecule has 4 rings (SSSR count). The molecule has 1 saturated heterocycles. The van der Waals surface area contributed by atoms with E-state index in [1.165, 1.54) is 10.1 Å². The molecule has 0 atom stereocenters. The number of para-hydroxylation sites is 2. The fraction of sp³-hybridized carbons (Fsp3) is 0.321. The van der Waals surface area contributed by atoms with Gasteiger partial charge in [-0.05, 0) is 64.8 Å². The molecule has 0 aromatic heterocycles. The van der Waals surface area contributed by atoms with Crippen LogP contribution in [0.2, 0.25) is 0 Å². The minimum Gasteiger partial charge on any atom is -0.349 e. The van der Waals surface area contributed by atoms with E-state index in [2.05, 4.69) is 10.7 Å². The normalized spacial score (nSPS) is 16.6. The summed E-state index contributed by atoms with van der Waals surface area (Å²) in [4.78, 5) is 36.1. The molecule has 1 amide bonds. The van der Waals surface area contributed by atoms with Crippen molar-refractivity contribution in [3.05, 3.63) is 98.6 Å². The molecule has 210 valence electrons. The van der Waals surface area contributed by atoms with Crippen LogP contribution < -0.4 is 15.8 Å². The van der Waals surface area contributed by atoms with E-state index in [4.69, 9.17) is 0 Å². The number of hydrogen-bond donors (Lipinski definition) is 3. The van der Waals surface area contributed by atoms with Crippen molar-refractivity contribution in [3.8, 4) is 0 Å². The Kier molecular flexibility index (Phi) is 7.76. The summed E-state index contributed by atoms with van der Waals surface area (Å²) in [5, 5.41) is 40.5. The molecule has 40 heavy (non-hydrogen) atoms. The molecule has 0 unspecified atom stereocenters. The topological polar surface area (TPSA) is 154 Å². The molecule has 0 radical (unpaired) electrons. The van der Waals surface area contributed by atoms with E-state index >= 15 is 0 Å². The minimum absolute atomic E-state index is 0.211. The van der Waals surface area contributed by atoms with Crippen molar-refractivity contribution in [3.63, 3.8) is 0 Å². The molecule has 0 aliphatic carbocycles. The van der Waals surface area contributed by atoms with Crippen LogP contribution in [0.4, 0.5) is 28.4 Å². The van der Waals surface area contributed by atoms with Gasteiger partial charge in [-0.2, -0.15) is 5.06 Å². The molecule has 0 saturated carbocycles. The third kappa shape index (κ3) is 5.87. The van der Waals surface area contributed by atoms with Crippen LogP contribution in [0.15, 0.2) is 72.8 Å².